The van der Waals surface area contributed by atoms with Gasteiger partial charge < -0.3 is 9.47 Å². The molecule has 0 saturated heterocycles. The lowest BCUT2D eigenvalue weighted by Gasteiger charge is -2.10. The van der Waals surface area contributed by atoms with Crippen molar-refractivity contribution >= 4 is 22.4 Å². The summed E-state index contributed by atoms with van der Waals surface area (Å²) in [6.45, 7) is 2.32. The molecule has 0 fully saturated rings. The number of amides is 1. The number of hydrogen-bond acceptors (Lipinski definition) is 5. The van der Waals surface area contributed by atoms with Crippen LogP contribution in [0.25, 0.3) is 11.3 Å². The number of nitrogens with zero attached hydrogens (tertiary/aromatic N) is 1. The SMILES string of the molecule is CCOc1ccc(C(=O)Nc2nc(-c3cc(F)ccc3F)cs2)cc1OC. The molecule has 0 spiro atoms. The monoisotopic (exact) mass is 390 g/mol. The minimum absolute atomic E-state index is 0.0366. The minimum Gasteiger partial charge on any atom is -0.493 e. The molecule has 0 aliphatic carbocycles. The summed E-state index contributed by atoms with van der Waals surface area (Å²) in [7, 11) is 1.49. The molecule has 0 saturated carbocycles. The zero-order valence-electron chi connectivity index (χ0n) is 14.6. The van der Waals surface area contributed by atoms with E-state index in [1.165, 1.54) is 7.11 Å². The lowest BCUT2D eigenvalue weighted by atomic mass is 10.1. The summed E-state index contributed by atoms with van der Waals surface area (Å²) >= 11 is 1.12. The van der Waals surface area contributed by atoms with Crippen LogP contribution in [0.5, 0.6) is 11.5 Å². The standard InChI is InChI=1S/C19H16F2N2O3S/c1-3-26-16-7-4-11(8-17(16)25-2)18(24)23-19-22-15(10-27-19)13-9-12(20)5-6-14(13)21/h4-10H,3H2,1-2H3,(H,22,23,24). The van der Waals surface area contributed by atoms with Gasteiger partial charge in [-0.3, -0.25) is 10.1 Å². The van der Waals surface area contributed by atoms with E-state index in [1.807, 2.05) is 6.92 Å². The quantitative estimate of drug-likeness (QED) is 0.660. The van der Waals surface area contributed by atoms with Crippen molar-refractivity contribution in [1.82, 2.24) is 4.98 Å². The molecule has 0 unspecified atom stereocenters. The molecule has 27 heavy (non-hydrogen) atoms. The predicted octanol–water partition coefficient (Wildman–Crippen LogP) is 4.75. The Bertz CT molecular complexity index is 975. The maximum Gasteiger partial charge on any atom is 0.257 e. The molecule has 0 aliphatic heterocycles. The number of methoxy groups -OCH3 is 1. The Hall–Kier alpha value is -3.00. The summed E-state index contributed by atoms with van der Waals surface area (Å²) in [5.74, 6) is -0.583. The second-order valence-electron chi connectivity index (χ2n) is 5.41. The second kappa shape index (κ2) is 8.13. The van der Waals surface area contributed by atoms with Gasteiger partial charge in [-0.25, -0.2) is 13.8 Å². The smallest absolute Gasteiger partial charge is 0.257 e. The average Bonchev–Trinajstić information content (AvgIpc) is 3.12. The van der Waals surface area contributed by atoms with E-state index in [9.17, 15) is 13.6 Å². The van der Waals surface area contributed by atoms with Gasteiger partial charge in [0.1, 0.15) is 11.6 Å². The Balaban J connectivity index is 1.79. The first-order valence-electron chi connectivity index (χ1n) is 8.05. The van der Waals surface area contributed by atoms with E-state index in [1.54, 1.807) is 23.6 Å². The Labute approximate surface area is 158 Å². The maximum atomic E-state index is 13.9. The van der Waals surface area contributed by atoms with Crippen LogP contribution in [0.1, 0.15) is 17.3 Å². The van der Waals surface area contributed by atoms with E-state index >= 15 is 0 Å². The van der Waals surface area contributed by atoms with Gasteiger partial charge in [-0.1, -0.05) is 0 Å². The van der Waals surface area contributed by atoms with Gasteiger partial charge in [0.05, 0.1) is 19.4 Å². The van der Waals surface area contributed by atoms with Crippen LogP contribution in [0, 0.1) is 11.6 Å². The van der Waals surface area contributed by atoms with Crippen molar-refractivity contribution in [3.63, 3.8) is 0 Å². The number of carbonyl (C=O) groups excluding carboxylic acids is 1. The number of anilines is 1. The summed E-state index contributed by atoms with van der Waals surface area (Å²) in [6.07, 6.45) is 0. The Morgan fingerprint density at radius 2 is 2.00 bits per heavy atom. The van der Waals surface area contributed by atoms with Crippen molar-refractivity contribution in [2.45, 2.75) is 6.92 Å². The lowest BCUT2D eigenvalue weighted by Crippen LogP contribution is -2.12. The van der Waals surface area contributed by atoms with Crippen molar-refractivity contribution in [2.24, 2.45) is 0 Å². The van der Waals surface area contributed by atoms with E-state index in [4.69, 9.17) is 9.47 Å². The molecule has 8 heteroatoms. The fraction of sp³-hybridized carbons (Fsp3) is 0.158. The number of carbonyl (C=O) groups is 1. The molecular formula is C19H16F2N2O3S. The van der Waals surface area contributed by atoms with Crippen LogP contribution in [0.2, 0.25) is 0 Å². The Kier molecular flexibility index (Phi) is 5.66. The predicted molar refractivity (Wildman–Crippen MR) is 99.6 cm³/mol. The van der Waals surface area contributed by atoms with Gasteiger partial charge in [-0.05, 0) is 43.3 Å². The molecule has 1 heterocycles. The topological polar surface area (TPSA) is 60.5 Å². The highest BCUT2D eigenvalue weighted by Crippen LogP contribution is 2.30. The summed E-state index contributed by atoms with van der Waals surface area (Å²) in [4.78, 5) is 16.6. The third kappa shape index (κ3) is 4.22. The molecule has 0 radical (unpaired) electrons. The van der Waals surface area contributed by atoms with E-state index < -0.39 is 17.5 Å². The van der Waals surface area contributed by atoms with Crippen molar-refractivity contribution < 1.29 is 23.0 Å². The first kappa shape index (κ1) is 18.8. The fourth-order valence-electron chi connectivity index (χ4n) is 2.40. The molecule has 0 bridgehead atoms. The third-order valence-corrected chi connectivity index (χ3v) is 4.41. The van der Waals surface area contributed by atoms with Gasteiger partial charge in [0.15, 0.2) is 16.6 Å². The van der Waals surface area contributed by atoms with Crippen molar-refractivity contribution in [1.29, 1.82) is 0 Å². The van der Waals surface area contributed by atoms with Gasteiger partial charge in [-0.2, -0.15) is 0 Å². The molecule has 5 nitrogen and oxygen atoms in total. The van der Waals surface area contributed by atoms with E-state index in [2.05, 4.69) is 10.3 Å². The Morgan fingerprint density at radius 3 is 2.74 bits per heavy atom. The second-order valence-corrected chi connectivity index (χ2v) is 6.27. The maximum absolute atomic E-state index is 13.9. The molecule has 3 aromatic rings. The number of nitrogens with one attached hydrogen (secondary N) is 1. The molecular weight excluding hydrogens is 374 g/mol. The minimum atomic E-state index is -0.587. The van der Waals surface area contributed by atoms with Crippen LogP contribution in [0.4, 0.5) is 13.9 Å². The van der Waals surface area contributed by atoms with Crippen LogP contribution < -0.4 is 14.8 Å². The summed E-state index contributed by atoms with van der Waals surface area (Å²) < 4.78 is 37.9. The highest BCUT2D eigenvalue weighted by atomic mass is 32.1. The number of thiazole rings is 1. The number of benzene rings is 2. The first-order chi connectivity index (χ1) is 13.0. The highest BCUT2D eigenvalue weighted by Gasteiger charge is 2.15. The highest BCUT2D eigenvalue weighted by molar-refractivity contribution is 7.14. The number of halogens is 2. The van der Waals surface area contributed by atoms with Crippen molar-refractivity contribution in [3.8, 4) is 22.8 Å². The van der Waals surface area contributed by atoms with Gasteiger partial charge in [0, 0.05) is 16.5 Å². The molecule has 140 valence electrons. The van der Waals surface area contributed by atoms with Crippen LogP contribution in [0.15, 0.2) is 41.8 Å². The van der Waals surface area contributed by atoms with Crippen LogP contribution >= 0.6 is 11.3 Å². The molecule has 0 aliphatic rings. The average molecular weight is 390 g/mol. The Morgan fingerprint density at radius 1 is 1.19 bits per heavy atom. The zero-order chi connectivity index (χ0) is 19.4. The van der Waals surface area contributed by atoms with Crippen LogP contribution in [-0.2, 0) is 0 Å². The van der Waals surface area contributed by atoms with Crippen molar-refractivity contribution in [2.75, 3.05) is 19.0 Å². The van der Waals surface area contributed by atoms with Gasteiger partial charge in [0.2, 0.25) is 0 Å². The van der Waals surface area contributed by atoms with Gasteiger partial charge in [-0.15, -0.1) is 11.3 Å². The summed E-state index contributed by atoms with van der Waals surface area (Å²) in [5, 5.41) is 4.46. The number of aromatic nitrogens is 1. The van der Waals surface area contributed by atoms with Gasteiger partial charge >= 0.3 is 0 Å². The van der Waals surface area contributed by atoms with Crippen LogP contribution in [-0.4, -0.2) is 24.6 Å². The summed E-state index contributed by atoms with van der Waals surface area (Å²) in [6, 6.07) is 7.94. The molecule has 1 aromatic heterocycles. The lowest BCUT2D eigenvalue weighted by molar-refractivity contribution is 0.102. The van der Waals surface area contributed by atoms with Crippen LogP contribution in [0.3, 0.4) is 0 Å². The number of hydrogen-bond donors (Lipinski definition) is 1. The fourth-order valence-corrected chi connectivity index (χ4v) is 3.11. The van der Waals surface area contributed by atoms with E-state index in [-0.39, 0.29) is 16.4 Å². The third-order valence-electron chi connectivity index (χ3n) is 3.65. The number of rotatable bonds is 6. The molecule has 3 rings (SSSR count). The molecule has 1 N–H and O–H groups in total. The zero-order valence-corrected chi connectivity index (χ0v) is 15.4. The van der Waals surface area contributed by atoms with E-state index in [0.717, 1.165) is 29.5 Å². The van der Waals surface area contributed by atoms with E-state index in [0.29, 0.717) is 23.7 Å². The number of ether oxygens (including phenoxy) is 2. The first-order valence-corrected chi connectivity index (χ1v) is 8.93. The normalized spacial score (nSPS) is 10.5. The molecule has 1 amide bonds. The van der Waals surface area contributed by atoms with Gasteiger partial charge in [0.25, 0.3) is 5.91 Å². The molecule has 2 aromatic carbocycles. The van der Waals surface area contributed by atoms with Crippen molar-refractivity contribution in [3.05, 3.63) is 59.0 Å². The summed E-state index contributed by atoms with van der Waals surface area (Å²) in [5.41, 5.74) is 0.634. The largest absolute Gasteiger partial charge is 0.493 e. The molecule has 0 atom stereocenters.